The average Bonchev–Trinajstić information content (AvgIpc) is 3.24. The zero-order valence-electron chi connectivity index (χ0n) is 32.9. The largest absolute Gasteiger partial charge is 0.494 e. The minimum absolute atomic E-state index is 0.0461. The Morgan fingerprint density at radius 1 is 0.483 bits per heavy atom. The number of carboxylic acids is 2. The van der Waals surface area contributed by atoms with Crippen LogP contribution in [0.3, 0.4) is 0 Å². The lowest BCUT2D eigenvalue weighted by molar-refractivity contribution is 0.0683. The van der Waals surface area contributed by atoms with Gasteiger partial charge in [-0.3, -0.25) is 0 Å². The Kier molecular flexibility index (Phi) is 14.6. The van der Waals surface area contributed by atoms with Crippen LogP contribution in [-0.2, 0) is 12.8 Å². The van der Waals surface area contributed by atoms with Crippen LogP contribution in [0.5, 0.6) is 11.5 Å². The Morgan fingerprint density at radius 3 is 1.47 bits per heavy atom. The molecule has 8 heteroatoms. The summed E-state index contributed by atoms with van der Waals surface area (Å²) in [6.45, 7) is 1.19. The van der Waals surface area contributed by atoms with Crippen LogP contribution in [-0.4, -0.2) is 35.4 Å². The molecule has 0 aliphatic carbocycles. The third-order valence-electron chi connectivity index (χ3n) is 10.5. The fourth-order valence-electron chi connectivity index (χ4n) is 7.37. The first kappa shape index (κ1) is 41.1. The number of anilines is 2. The molecule has 0 saturated heterocycles. The summed E-state index contributed by atoms with van der Waals surface area (Å²) < 4.78 is 12.0. The number of aryl methyl sites for hydroxylation is 1. The van der Waals surface area contributed by atoms with Gasteiger partial charge >= 0.3 is 11.9 Å². The zero-order valence-corrected chi connectivity index (χ0v) is 32.9. The monoisotopic (exact) mass is 776 g/mol. The van der Waals surface area contributed by atoms with E-state index in [1.54, 1.807) is 18.2 Å². The van der Waals surface area contributed by atoms with Gasteiger partial charge in [0.1, 0.15) is 11.5 Å². The lowest BCUT2D eigenvalue weighted by atomic mass is 9.86. The number of hydrogen-bond acceptors (Lipinski definition) is 6. The van der Waals surface area contributed by atoms with E-state index >= 15 is 0 Å². The summed E-state index contributed by atoms with van der Waals surface area (Å²) in [6, 6.07) is 43.0. The quantitative estimate of drug-likeness (QED) is 0.0417. The van der Waals surface area contributed by atoms with Crippen LogP contribution < -0.4 is 20.9 Å². The molecule has 0 aliphatic rings. The van der Waals surface area contributed by atoms with Crippen LogP contribution in [0, 0.1) is 0 Å². The van der Waals surface area contributed by atoms with E-state index in [1.165, 1.54) is 11.6 Å². The van der Waals surface area contributed by atoms with E-state index in [0.29, 0.717) is 48.4 Å². The maximum atomic E-state index is 12.9. The van der Waals surface area contributed by atoms with Crippen LogP contribution >= 0.6 is 0 Å². The van der Waals surface area contributed by atoms with E-state index in [-0.39, 0.29) is 16.8 Å². The zero-order chi connectivity index (χ0) is 40.7. The van der Waals surface area contributed by atoms with Crippen LogP contribution in [0.1, 0.15) is 83.2 Å². The summed E-state index contributed by atoms with van der Waals surface area (Å²) in [6.07, 6.45) is 8.05. The number of aromatic carboxylic acids is 2. The Balaban J connectivity index is 1.05. The second kappa shape index (κ2) is 20.6. The van der Waals surface area contributed by atoms with E-state index in [1.807, 2.05) is 60.7 Å². The van der Waals surface area contributed by atoms with Gasteiger partial charge in [-0.2, -0.15) is 0 Å². The molecule has 0 spiro atoms. The lowest BCUT2D eigenvalue weighted by Crippen LogP contribution is -2.13. The first-order valence-corrected chi connectivity index (χ1v) is 20.2. The summed E-state index contributed by atoms with van der Waals surface area (Å²) in [4.78, 5) is 25.3. The maximum absolute atomic E-state index is 12.9. The third-order valence-corrected chi connectivity index (χ3v) is 10.5. The van der Waals surface area contributed by atoms with Crippen molar-refractivity contribution in [1.29, 1.82) is 0 Å². The van der Waals surface area contributed by atoms with Gasteiger partial charge in [-0.05, 0) is 125 Å². The highest BCUT2D eigenvalue weighted by atomic mass is 16.5. The van der Waals surface area contributed by atoms with E-state index in [0.717, 1.165) is 85.1 Å². The second-order valence-corrected chi connectivity index (χ2v) is 14.6. The molecule has 0 amide bonds. The van der Waals surface area contributed by atoms with Gasteiger partial charge in [0.05, 0.1) is 24.3 Å². The first-order valence-electron chi connectivity index (χ1n) is 20.2. The fraction of sp³-hybridized carbons (Fsp3) is 0.240. The number of rotatable bonds is 21. The number of nitrogen functional groups attached to an aromatic ring is 2. The lowest BCUT2D eigenvalue weighted by Gasteiger charge is -2.20. The standard InChI is InChI=1S/C50H52N2O6/c51-40-25-30-43(46(34-40)49(53)54)45-33-39(19-7-1-3-13-31-57-41-26-21-37(22-27-41)35-15-8-5-9-16-35)48(52)44(47(45)50(55)56)20-12-2-4-14-32-58-42-28-23-38(24-29-42)36-17-10-6-11-18-36/h5-6,8-11,15-18,21-30,33-34H,1-4,7,12-14,19-20,31-32,51-52H2,(H,53,54)(H,55,56). The summed E-state index contributed by atoms with van der Waals surface area (Å²) in [7, 11) is 0. The summed E-state index contributed by atoms with van der Waals surface area (Å²) in [5.41, 5.74) is 20.2. The number of ether oxygens (including phenoxy) is 2. The number of carbonyl (C=O) groups is 2. The number of hydrogen-bond donors (Lipinski definition) is 4. The van der Waals surface area contributed by atoms with Gasteiger partial charge in [-0.15, -0.1) is 0 Å². The summed E-state index contributed by atoms with van der Waals surface area (Å²) >= 11 is 0. The minimum atomic E-state index is -1.18. The van der Waals surface area contributed by atoms with Crippen molar-refractivity contribution >= 4 is 23.3 Å². The molecule has 0 radical (unpaired) electrons. The van der Waals surface area contributed by atoms with Crippen molar-refractivity contribution in [3.05, 3.63) is 156 Å². The van der Waals surface area contributed by atoms with E-state index in [2.05, 4.69) is 48.5 Å². The van der Waals surface area contributed by atoms with Gasteiger partial charge in [0.25, 0.3) is 0 Å². The highest BCUT2D eigenvalue weighted by Gasteiger charge is 2.25. The van der Waals surface area contributed by atoms with Gasteiger partial charge in [0.2, 0.25) is 0 Å². The molecule has 0 saturated carbocycles. The van der Waals surface area contributed by atoms with Crippen LogP contribution in [0.2, 0.25) is 0 Å². The molecule has 0 heterocycles. The highest BCUT2D eigenvalue weighted by Crippen LogP contribution is 2.37. The smallest absolute Gasteiger partial charge is 0.336 e. The predicted octanol–water partition coefficient (Wildman–Crippen LogP) is 11.6. The van der Waals surface area contributed by atoms with Gasteiger partial charge in [-0.25, -0.2) is 9.59 Å². The molecule has 0 aliphatic heterocycles. The van der Waals surface area contributed by atoms with E-state index < -0.39 is 11.9 Å². The summed E-state index contributed by atoms with van der Waals surface area (Å²) in [5.74, 6) is -0.655. The van der Waals surface area contributed by atoms with E-state index in [9.17, 15) is 19.8 Å². The van der Waals surface area contributed by atoms with Gasteiger partial charge in [0.15, 0.2) is 0 Å². The number of carboxylic acid groups (broad SMARTS) is 2. The maximum Gasteiger partial charge on any atom is 0.336 e. The van der Waals surface area contributed by atoms with E-state index in [4.69, 9.17) is 20.9 Å². The minimum Gasteiger partial charge on any atom is -0.494 e. The molecule has 0 bridgehead atoms. The van der Waals surface area contributed by atoms with Gasteiger partial charge in [0, 0.05) is 11.4 Å². The molecule has 6 N–H and O–H groups in total. The molecule has 58 heavy (non-hydrogen) atoms. The molecule has 0 fully saturated rings. The van der Waals surface area contributed by atoms with Gasteiger partial charge in [-0.1, -0.05) is 117 Å². The van der Waals surface area contributed by atoms with Crippen molar-refractivity contribution < 1.29 is 29.3 Å². The summed E-state index contributed by atoms with van der Waals surface area (Å²) in [5, 5.41) is 20.6. The van der Waals surface area contributed by atoms with Crippen molar-refractivity contribution in [1.82, 2.24) is 0 Å². The normalized spacial score (nSPS) is 11.0. The topological polar surface area (TPSA) is 145 Å². The van der Waals surface area contributed by atoms with Crippen LogP contribution in [0.4, 0.5) is 11.4 Å². The average molecular weight is 777 g/mol. The van der Waals surface area contributed by atoms with Crippen molar-refractivity contribution in [2.45, 2.75) is 64.2 Å². The first-order chi connectivity index (χ1) is 28.3. The van der Waals surface area contributed by atoms with Crippen molar-refractivity contribution in [2.24, 2.45) is 0 Å². The number of unbranched alkanes of at least 4 members (excludes halogenated alkanes) is 6. The van der Waals surface area contributed by atoms with Crippen molar-refractivity contribution in [2.75, 3.05) is 24.7 Å². The molecule has 6 aromatic rings. The highest BCUT2D eigenvalue weighted by molar-refractivity contribution is 6.04. The molecule has 6 aromatic carbocycles. The van der Waals surface area contributed by atoms with Gasteiger partial charge < -0.3 is 31.2 Å². The van der Waals surface area contributed by atoms with Crippen LogP contribution in [0.25, 0.3) is 33.4 Å². The molecule has 0 unspecified atom stereocenters. The SMILES string of the molecule is Nc1ccc(-c2cc(CCCCCCOc3ccc(-c4ccccc4)cc3)c(N)c(CCCCCCOc3ccc(-c4ccccc4)cc3)c2C(=O)O)c(C(=O)O)c1. The third kappa shape index (κ3) is 11.1. The predicted molar refractivity (Wildman–Crippen MR) is 234 cm³/mol. The molecule has 298 valence electrons. The van der Waals surface area contributed by atoms with Crippen molar-refractivity contribution in [3.63, 3.8) is 0 Å². The molecule has 0 aromatic heterocycles. The molecular formula is C50H52N2O6. The Hall–Kier alpha value is -6.54. The van der Waals surface area contributed by atoms with Crippen LogP contribution in [0.15, 0.2) is 133 Å². The van der Waals surface area contributed by atoms with Crippen molar-refractivity contribution in [3.8, 4) is 44.9 Å². The molecular weight excluding hydrogens is 725 g/mol. The number of benzene rings is 6. The second-order valence-electron chi connectivity index (χ2n) is 14.6. The Labute approximate surface area is 341 Å². The molecule has 8 nitrogen and oxygen atoms in total. The Morgan fingerprint density at radius 2 is 0.966 bits per heavy atom. The molecule has 0 atom stereocenters. The number of nitrogens with two attached hydrogens (primary N) is 2. The Bertz CT molecular complexity index is 2260. The fourth-order valence-corrected chi connectivity index (χ4v) is 7.37. The molecule has 6 rings (SSSR count).